The fourth-order valence-corrected chi connectivity index (χ4v) is 6.00. The molecule has 1 N–H and O–H groups in total. The average molecular weight is 621 g/mol. The second kappa shape index (κ2) is 14.6. The number of nitrogens with one attached hydrogen (secondary N) is 1. The molecule has 0 heterocycles. The van der Waals surface area contributed by atoms with Gasteiger partial charge in [-0.1, -0.05) is 53.9 Å². The topological polar surface area (TPSA) is 96.0 Å². The monoisotopic (exact) mass is 619 g/mol. The third-order valence-corrected chi connectivity index (χ3v) is 8.93. The normalized spacial score (nSPS) is 12.0. The maximum absolute atomic E-state index is 14.0. The molecule has 3 rings (SSSR count). The highest BCUT2D eigenvalue weighted by Crippen LogP contribution is 2.29. The number of hydrogen-bond donors (Lipinski definition) is 1. The maximum atomic E-state index is 14.0. The largest absolute Gasteiger partial charge is 0.494 e. The van der Waals surface area contributed by atoms with E-state index in [0.29, 0.717) is 46.6 Å². The van der Waals surface area contributed by atoms with Crippen LogP contribution in [0.15, 0.2) is 71.6 Å². The summed E-state index contributed by atoms with van der Waals surface area (Å²) in [4.78, 5) is 28.3. The minimum Gasteiger partial charge on any atom is -0.494 e. The van der Waals surface area contributed by atoms with Crippen LogP contribution < -0.4 is 14.4 Å². The van der Waals surface area contributed by atoms with Crippen LogP contribution in [-0.4, -0.2) is 50.9 Å². The van der Waals surface area contributed by atoms with Gasteiger partial charge in [0.2, 0.25) is 11.8 Å². The van der Waals surface area contributed by atoms with Gasteiger partial charge in [0, 0.05) is 28.7 Å². The molecule has 0 spiro atoms. The van der Waals surface area contributed by atoms with E-state index in [1.54, 1.807) is 61.5 Å². The lowest BCUT2D eigenvalue weighted by Gasteiger charge is -2.32. The predicted molar refractivity (Wildman–Crippen MR) is 163 cm³/mol. The van der Waals surface area contributed by atoms with Crippen molar-refractivity contribution >= 4 is 50.7 Å². The zero-order chi connectivity index (χ0) is 30.2. The first-order chi connectivity index (χ1) is 19.5. The molecule has 0 aliphatic carbocycles. The number of halogens is 2. The Bertz CT molecular complexity index is 1430. The average Bonchev–Trinajstić information content (AvgIpc) is 2.95. The Morgan fingerprint density at radius 1 is 0.951 bits per heavy atom. The van der Waals surface area contributed by atoms with E-state index in [1.165, 1.54) is 17.0 Å². The van der Waals surface area contributed by atoms with Gasteiger partial charge >= 0.3 is 0 Å². The number of sulfonamides is 1. The lowest BCUT2D eigenvalue weighted by molar-refractivity contribution is -0.139. The van der Waals surface area contributed by atoms with Crippen LogP contribution >= 0.6 is 23.2 Å². The molecule has 0 saturated carbocycles. The lowest BCUT2D eigenvalue weighted by Crippen LogP contribution is -2.51. The number of benzene rings is 3. The van der Waals surface area contributed by atoms with E-state index in [9.17, 15) is 18.0 Å². The zero-order valence-corrected chi connectivity index (χ0v) is 25.9. The van der Waals surface area contributed by atoms with Gasteiger partial charge in [0.1, 0.15) is 18.3 Å². The number of aryl methyl sites for hydroxylation is 1. The third kappa shape index (κ3) is 8.15. The van der Waals surface area contributed by atoms with E-state index in [0.717, 1.165) is 9.87 Å². The van der Waals surface area contributed by atoms with Crippen molar-refractivity contribution in [1.29, 1.82) is 0 Å². The van der Waals surface area contributed by atoms with Crippen LogP contribution in [0.4, 0.5) is 5.69 Å². The molecule has 3 aromatic carbocycles. The van der Waals surface area contributed by atoms with Gasteiger partial charge in [-0.25, -0.2) is 8.42 Å². The van der Waals surface area contributed by atoms with Crippen molar-refractivity contribution < 1.29 is 22.7 Å². The second-order valence-corrected chi connectivity index (χ2v) is 12.1. The van der Waals surface area contributed by atoms with Crippen molar-refractivity contribution in [2.24, 2.45) is 0 Å². The van der Waals surface area contributed by atoms with Crippen LogP contribution in [0.3, 0.4) is 0 Å². The number of carbonyl (C=O) groups is 2. The van der Waals surface area contributed by atoms with Gasteiger partial charge in [-0.3, -0.25) is 13.9 Å². The molecule has 3 aromatic rings. The van der Waals surface area contributed by atoms with E-state index in [1.807, 2.05) is 20.8 Å². The minimum absolute atomic E-state index is 0.0104. The molecule has 1 atom stereocenters. The first-order valence-corrected chi connectivity index (χ1v) is 15.5. The van der Waals surface area contributed by atoms with Crippen molar-refractivity contribution in [3.05, 3.63) is 87.9 Å². The molecule has 0 aliphatic heterocycles. The molecular weight excluding hydrogens is 585 g/mol. The SMILES string of the molecule is CCCNC(=O)[C@@H](C)N(Cc1c(Cl)cccc1Cl)C(=O)CN(c1ccc(C)cc1)S(=O)(=O)c1ccc(OCC)cc1. The first-order valence-electron chi connectivity index (χ1n) is 13.3. The van der Waals surface area contributed by atoms with Gasteiger partial charge < -0.3 is 15.0 Å². The Kier molecular flexibility index (Phi) is 11.5. The summed E-state index contributed by atoms with van der Waals surface area (Å²) >= 11 is 12.8. The number of ether oxygens (including phenoxy) is 1. The predicted octanol–water partition coefficient (Wildman–Crippen LogP) is 5.84. The van der Waals surface area contributed by atoms with Gasteiger partial charge in [0.25, 0.3) is 10.0 Å². The molecule has 11 heteroatoms. The molecule has 0 fully saturated rings. The van der Waals surface area contributed by atoms with E-state index in [-0.39, 0.29) is 17.3 Å². The Morgan fingerprint density at radius 3 is 2.12 bits per heavy atom. The van der Waals surface area contributed by atoms with E-state index >= 15 is 0 Å². The summed E-state index contributed by atoms with van der Waals surface area (Å²) in [5.74, 6) is -0.450. The number of rotatable bonds is 13. The molecule has 8 nitrogen and oxygen atoms in total. The van der Waals surface area contributed by atoms with Crippen molar-refractivity contribution in [3.63, 3.8) is 0 Å². The van der Waals surface area contributed by atoms with Crippen molar-refractivity contribution in [3.8, 4) is 5.75 Å². The molecule has 0 unspecified atom stereocenters. The Balaban J connectivity index is 2.04. The van der Waals surface area contributed by atoms with Crippen LogP contribution in [-0.2, 0) is 26.2 Å². The summed E-state index contributed by atoms with van der Waals surface area (Å²) in [6, 6.07) is 16.9. The van der Waals surface area contributed by atoms with Crippen LogP contribution in [0, 0.1) is 6.92 Å². The minimum atomic E-state index is -4.20. The summed E-state index contributed by atoms with van der Waals surface area (Å²) < 4.78 is 34.4. The molecule has 0 saturated heterocycles. The van der Waals surface area contributed by atoms with E-state index in [2.05, 4.69) is 5.32 Å². The summed E-state index contributed by atoms with van der Waals surface area (Å²) in [7, 11) is -4.20. The van der Waals surface area contributed by atoms with E-state index < -0.39 is 28.5 Å². The van der Waals surface area contributed by atoms with Crippen molar-refractivity contribution in [2.75, 3.05) is 24.0 Å². The van der Waals surface area contributed by atoms with Crippen molar-refractivity contribution in [1.82, 2.24) is 10.2 Å². The summed E-state index contributed by atoms with van der Waals surface area (Å²) in [6.45, 7) is 7.43. The van der Waals surface area contributed by atoms with Gasteiger partial charge in [-0.2, -0.15) is 0 Å². The van der Waals surface area contributed by atoms with Crippen LogP contribution in [0.5, 0.6) is 5.75 Å². The van der Waals surface area contributed by atoms with Crippen LogP contribution in [0.25, 0.3) is 0 Å². The van der Waals surface area contributed by atoms with E-state index in [4.69, 9.17) is 27.9 Å². The number of hydrogen-bond acceptors (Lipinski definition) is 5. The maximum Gasteiger partial charge on any atom is 0.264 e. The molecule has 41 heavy (non-hydrogen) atoms. The lowest BCUT2D eigenvalue weighted by atomic mass is 10.1. The Labute approximate surface area is 252 Å². The summed E-state index contributed by atoms with van der Waals surface area (Å²) in [6.07, 6.45) is 0.713. The molecule has 0 radical (unpaired) electrons. The van der Waals surface area contributed by atoms with Gasteiger partial charge in [0.15, 0.2) is 0 Å². The molecular formula is C30H35Cl2N3O5S. The Morgan fingerprint density at radius 2 is 1.56 bits per heavy atom. The van der Waals surface area contributed by atoms with Gasteiger partial charge in [-0.05, 0) is 75.7 Å². The quantitative estimate of drug-likeness (QED) is 0.259. The smallest absolute Gasteiger partial charge is 0.264 e. The zero-order valence-electron chi connectivity index (χ0n) is 23.6. The van der Waals surface area contributed by atoms with Crippen molar-refractivity contribution in [2.45, 2.75) is 51.6 Å². The highest BCUT2D eigenvalue weighted by Gasteiger charge is 2.33. The number of carbonyl (C=O) groups excluding carboxylic acids is 2. The van der Waals surface area contributed by atoms with Crippen LogP contribution in [0.1, 0.15) is 38.3 Å². The molecule has 0 aliphatic rings. The first kappa shape index (κ1) is 32.2. The highest BCUT2D eigenvalue weighted by molar-refractivity contribution is 7.92. The van der Waals surface area contributed by atoms with Gasteiger partial charge in [0.05, 0.1) is 17.2 Å². The summed E-state index contributed by atoms with van der Waals surface area (Å²) in [5, 5.41) is 3.46. The standard InChI is InChI=1S/C30H35Cl2N3O5S/c1-5-18-33-30(37)22(4)34(19-26-27(31)8-7-9-28(26)32)29(36)20-35(23-12-10-21(3)11-13-23)41(38,39)25-16-14-24(15-17-25)40-6-2/h7-17,22H,5-6,18-20H2,1-4H3,(H,33,37)/t22-/m1/s1. The third-order valence-electron chi connectivity index (χ3n) is 6.43. The van der Waals surface area contributed by atoms with Gasteiger partial charge in [-0.15, -0.1) is 0 Å². The molecule has 220 valence electrons. The Hall–Kier alpha value is -3.27. The molecule has 0 aromatic heterocycles. The highest BCUT2D eigenvalue weighted by atomic mass is 35.5. The number of anilines is 1. The molecule has 2 amide bonds. The summed E-state index contributed by atoms with van der Waals surface area (Å²) in [5.41, 5.74) is 1.68. The van der Waals surface area contributed by atoms with Crippen LogP contribution in [0.2, 0.25) is 10.0 Å². The number of amides is 2. The molecule has 0 bridgehead atoms. The second-order valence-electron chi connectivity index (χ2n) is 9.44. The fraction of sp³-hybridized carbons (Fsp3) is 0.333. The fourth-order valence-electron chi connectivity index (χ4n) is 4.07. The number of nitrogens with zero attached hydrogens (tertiary/aromatic N) is 2.